The molecular weight excluding hydrogens is 660 g/mol. The minimum atomic E-state index is -2.69. The highest BCUT2D eigenvalue weighted by atomic mass is 35.5. The fraction of sp³-hybridized carbons (Fsp3) is 0.424. The highest BCUT2D eigenvalue weighted by Crippen LogP contribution is 2.35. The van der Waals surface area contributed by atoms with Crippen molar-refractivity contribution in [2.75, 3.05) is 32.3 Å². The van der Waals surface area contributed by atoms with Crippen LogP contribution >= 0.6 is 11.6 Å². The molecule has 2 N–H and O–H groups in total. The van der Waals surface area contributed by atoms with Gasteiger partial charge in [-0.1, -0.05) is 67.6 Å². The second-order valence-electron chi connectivity index (χ2n) is 13.6. The summed E-state index contributed by atoms with van der Waals surface area (Å²) in [6.45, 7) is 8.18. The number of carbonyl (C=O) groups excluding carboxylic acids is 1. The van der Waals surface area contributed by atoms with Gasteiger partial charge in [-0.15, -0.1) is 0 Å². The number of pyridine rings is 1. The van der Waals surface area contributed by atoms with E-state index in [1.54, 1.807) is 22.8 Å². The van der Waals surface area contributed by atoms with Crippen molar-refractivity contribution in [1.29, 1.82) is 0 Å². The van der Waals surface area contributed by atoms with Crippen LogP contribution in [0.3, 0.4) is 0 Å². The zero-order valence-electron chi connectivity index (χ0n) is 27.1. The van der Waals surface area contributed by atoms with E-state index in [0.717, 1.165) is 22.7 Å². The lowest BCUT2D eigenvalue weighted by molar-refractivity contribution is 0.00336. The maximum atomic E-state index is 12.4. The zero-order chi connectivity index (χ0) is 33.5. The van der Waals surface area contributed by atoms with Gasteiger partial charge >= 0.3 is 6.01 Å². The van der Waals surface area contributed by atoms with Crippen LogP contribution in [0, 0.1) is 0 Å². The quantitative estimate of drug-likeness (QED) is 0.117. The molecule has 0 spiro atoms. The van der Waals surface area contributed by atoms with E-state index in [4.69, 9.17) is 40.5 Å². The molecule has 2 aliphatic rings. The fourth-order valence-electron chi connectivity index (χ4n) is 5.57. The second kappa shape index (κ2) is 13.4. The lowest BCUT2D eigenvalue weighted by Gasteiger charge is -2.19. The van der Waals surface area contributed by atoms with Gasteiger partial charge in [-0.2, -0.15) is 4.98 Å². The van der Waals surface area contributed by atoms with Crippen LogP contribution in [-0.2, 0) is 31.1 Å². The predicted octanol–water partition coefficient (Wildman–Crippen LogP) is 4.56. The molecular formula is C33H41ClN4O7SSi. The summed E-state index contributed by atoms with van der Waals surface area (Å²) in [5.74, 6) is -0.364. The van der Waals surface area contributed by atoms with E-state index in [9.17, 15) is 14.1 Å². The number of hydrogen-bond acceptors (Lipinski definition) is 9. The highest BCUT2D eigenvalue weighted by Gasteiger charge is 2.49. The van der Waals surface area contributed by atoms with Gasteiger partial charge in [-0.3, -0.25) is 18.3 Å². The van der Waals surface area contributed by atoms with Gasteiger partial charge in [-0.25, -0.2) is 4.98 Å². The minimum Gasteiger partial charge on any atom is -0.456 e. The lowest BCUT2D eigenvalue weighted by atomic mass is 10.0. The van der Waals surface area contributed by atoms with Crippen LogP contribution in [0.1, 0.15) is 10.4 Å². The number of thiol groups is 1. The van der Waals surface area contributed by atoms with Crippen LogP contribution in [-0.4, -0.2) is 94.6 Å². The van der Waals surface area contributed by atoms with Gasteiger partial charge < -0.3 is 24.1 Å². The van der Waals surface area contributed by atoms with Crippen LogP contribution in [0.25, 0.3) is 33.5 Å². The van der Waals surface area contributed by atoms with Crippen molar-refractivity contribution in [3.05, 3.63) is 65.2 Å². The summed E-state index contributed by atoms with van der Waals surface area (Å²) in [7, 11) is -4.00. The molecule has 14 heteroatoms. The predicted molar refractivity (Wildman–Crippen MR) is 186 cm³/mol. The molecule has 2 fully saturated rings. The van der Waals surface area contributed by atoms with Gasteiger partial charge in [0.15, 0.2) is 11.8 Å². The Kier molecular flexibility index (Phi) is 9.60. The third-order valence-corrected chi connectivity index (χ3v) is 10.8. The van der Waals surface area contributed by atoms with E-state index in [0.29, 0.717) is 40.1 Å². The van der Waals surface area contributed by atoms with E-state index in [-0.39, 0.29) is 25.9 Å². The fourth-order valence-corrected chi connectivity index (χ4v) is 7.20. The molecule has 252 valence electrons. The summed E-state index contributed by atoms with van der Waals surface area (Å²) >= 11 is 6.78. The number of benzene rings is 2. The van der Waals surface area contributed by atoms with Crippen LogP contribution in [0.5, 0.6) is 6.01 Å². The molecule has 4 atom stereocenters. The zero-order valence-corrected chi connectivity index (χ0v) is 29.8. The van der Waals surface area contributed by atoms with Gasteiger partial charge in [-0.05, 0) is 45.5 Å². The molecule has 4 heterocycles. The minimum absolute atomic E-state index is 0.191. The van der Waals surface area contributed by atoms with Crippen molar-refractivity contribution in [2.24, 2.45) is 0 Å². The number of aromatic nitrogens is 3. The smallest absolute Gasteiger partial charge is 0.301 e. The molecule has 0 bridgehead atoms. The van der Waals surface area contributed by atoms with Gasteiger partial charge in [0.2, 0.25) is 0 Å². The molecule has 0 aliphatic carbocycles. The SMILES string of the molecule is C[Si](C)(C)CCOCn1c(O[C@@H]2CO[C@H]3[C@@H]2OC[C@H]3O)nc2cc(Cl)c(-c3ccc(-c4ccc(C(=O)N[SH](C)(C)=O)cc4)cc3)nc21. The first kappa shape index (κ1) is 33.7. The molecule has 2 aromatic heterocycles. The largest absolute Gasteiger partial charge is 0.456 e. The Bertz CT molecular complexity index is 1810. The van der Waals surface area contributed by atoms with Crippen LogP contribution in [0.2, 0.25) is 30.7 Å². The average Bonchev–Trinajstić information content (AvgIpc) is 3.68. The van der Waals surface area contributed by atoms with E-state index < -0.39 is 42.6 Å². The first-order valence-electron chi connectivity index (χ1n) is 15.6. The number of nitrogens with zero attached hydrogens (tertiary/aromatic N) is 3. The van der Waals surface area contributed by atoms with Gasteiger partial charge in [0, 0.05) is 38.3 Å². The summed E-state index contributed by atoms with van der Waals surface area (Å²) in [6, 6.07) is 18.1. The number of nitrogens with one attached hydrogen (secondary N) is 1. The third kappa shape index (κ3) is 7.77. The molecule has 2 saturated heterocycles. The molecule has 6 rings (SSSR count). The Balaban J connectivity index is 1.26. The van der Waals surface area contributed by atoms with Crippen LogP contribution in [0.4, 0.5) is 0 Å². The first-order chi connectivity index (χ1) is 22.3. The Morgan fingerprint density at radius 1 is 1.02 bits per heavy atom. The van der Waals surface area contributed by atoms with Gasteiger partial charge in [0.25, 0.3) is 5.91 Å². The molecule has 47 heavy (non-hydrogen) atoms. The van der Waals surface area contributed by atoms with E-state index in [2.05, 4.69) is 24.4 Å². The summed E-state index contributed by atoms with van der Waals surface area (Å²) in [6.07, 6.45) is 1.08. The van der Waals surface area contributed by atoms with E-state index in [1.807, 2.05) is 36.4 Å². The maximum Gasteiger partial charge on any atom is 0.301 e. The molecule has 0 saturated carbocycles. The number of aliphatic hydroxyl groups is 1. The molecule has 2 aliphatic heterocycles. The first-order valence-corrected chi connectivity index (χ1v) is 22.3. The highest BCUT2D eigenvalue weighted by molar-refractivity contribution is 8.00. The number of ether oxygens (including phenoxy) is 4. The Labute approximate surface area is 281 Å². The number of rotatable bonds is 11. The van der Waals surface area contributed by atoms with Crippen molar-refractivity contribution in [3.63, 3.8) is 0 Å². The summed E-state index contributed by atoms with van der Waals surface area (Å²) in [5, 5.41) is 10.6. The molecule has 11 nitrogen and oxygen atoms in total. The average molecular weight is 701 g/mol. The van der Waals surface area contributed by atoms with Crippen molar-refractivity contribution in [3.8, 4) is 28.4 Å². The normalized spacial score (nSPS) is 21.6. The van der Waals surface area contributed by atoms with E-state index >= 15 is 0 Å². The number of hydrogen-bond donors (Lipinski definition) is 3. The van der Waals surface area contributed by atoms with Crippen LogP contribution in [0.15, 0.2) is 54.6 Å². The van der Waals surface area contributed by atoms with Crippen molar-refractivity contribution in [1.82, 2.24) is 19.3 Å². The van der Waals surface area contributed by atoms with Gasteiger partial charge in [0.1, 0.15) is 30.6 Å². The molecule has 1 amide bonds. The summed E-state index contributed by atoms with van der Waals surface area (Å²) in [4.78, 5) is 22.1. The number of halogens is 1. The number of aliphatic hydroxyl groups excluding tert-OH is 1. The number of fused-ring (bicyclic) bond motifs is 2. The standard InChI is InChI=1S/C33H41ClN4O7SSi/c1-46(2,41)37-32(40)23-12-8-21(9-13-23)20-6-10-22(11-7-20)28-24(34)16-25-31(36-28)38(19-42-14-15-47(3,4)5)33(35-25)45-27-18-44-29-26(39)17-43-30(27)29/h6-13,16,26-27,29-30,39,46H,14-15,17-19H2,1-5H3,(H,37,40,41)/t26-,27-,29-,30-/m1/s1. The van der Waals surface area contributed by atoms with Crippen molar-refractivity contribution >= 4 is 46.9 Å². The molecule has 2 aromatic carbocycles. The molecule has 0 unspecified atom stereocenters. The monoisotopic (exact) mass is 700 g/mol. The van der Waals surface area contributed by atoms with Crippen LogP contribution < -0.4 is 9.46 Å². The lowest BCUT2D eigenvalue weighted by Crippen LogP contribution is -2.35. The maximum absolute atomic E-state index is 12.4. The number of carbonyl (C=O) groups is 1. The van der Waals surface area contributed by atoms with E-state index in [1.165, 1.54) is 12.5 Å². The van der Waals surface area contributed by atoms with Crippen molar-refractivity contribution in [2.45, 2.75) is 56.8 Å². The molecule has 0 radical (unpaired) electrons. The second-order valence-corrected chi connectivity index (χ2v) is 22.6. The Hall–Kier alpha value is -3.17. The Morgan fingerprint density at radius 3 is 2.32 bits per heavy atom. The summed E-state index contributed by atoms with van der Waals surface area (Å²) < 4.78 is 40.3. The Morgan fingerprint density at radius 2 is 1.66 bits per heavy atom. The number of imidazole rings is 1. The summed E-state index contributed by atoms with van der Waals surface area (Å²) in [5.41, 5.74) is 4.84. The van der Waals surface area contributed by atoms with Crippen molar-refractivity contribution < 1.29 is 33.1 Å². The molecule has 4 aromatic rings. The number of amides is 1. The third-order valence-electron chi connectivity index (χ3n) is 8.10. The van der Waals surface area contributed by atoms with Gasteiger partial charge in [0.05, 0.1) is 23.9 Å². The topological polar surface area (TPSA) is 134 Å².